The lowest BCUT2D eigenvalue weighted by Gasteiger charge is -2.01. The van der Waals surface area contributed by atoms with E-state index in [1.807, 2.05) is 0 Å². The Kier molecular flexibility index (Phi) is 21.5. The van der Waals surface area contributed by atoms with E-state index in [1.165, 1.54) is 6.33 Å². The zero-order chi connectivity index (χ0) is 24.3. The zero-order valence-corrected chi connectivity index (χ0v) is 17.6. The van der Waals surface area contributed by atoms with Crippen LogP contribution < -0.4 is 22.9 Å². The summed E-state index contributed by atoms with van der Waals surface area (Å²) in [7, 11) is 0. The lowest BCUT2D eigenvalue weighted by molar-refractivity contribution is -0.139. The number of imidazole rings is 1. The van der Waals surface area contributed by atoms with Gasteiger partial charge in [0, 0.05) is 24.1 Å². The van der Waals surface area contributed by atoms with Gasteiger partial charge in [-0.25, -0.2) is 4.98 Å². The monoisotopic (exact) mass is 472 g/mol. The first kappa shape index (κ1) is 32.3. The second kappa shape index (κ2) is 19.9. The Morgan fingerprint density at radius 3 is 1.43 bits per heavy atom. The molecule has 0 bridgehead atoms. The molecule has 1 aromatic rings. The highest BCUT2D eigenvalue weighted by Crippen LogP contribution is 1.95. The van der Waals surface area contributed by atoms with Crippen LogP contribution in [0, 0.1) is 0 Å². The minimum Gasteiger partial charge on any atom is -0.480 e. The number of carbonyl (C=O) groups is 4. The van der Waals surface area contributed by atoms with Crippen molar-refractivity contribution in [1.82, 2.24) is 9.97 Å². The van der Waals surface area contributed by atoms with E-state index in [1.54, 1.807) is 6.20 Å². The van der Waals surface area contributed by atoms with Crippen molar-refractivity contribution in [2.24, 2.45) is 22.9 Å². The molecule has 16 heteroatoms. The Hall–Kier alpha value is -2.37. The smallest absolute Gasteiger partial charge is 0.321 e. The maximum absolute atomic E-state index is 10.3. The SMILES string of the molecule is NCC(=O)O.N[C@@H](CS)C(=O)O.N[C@@H](CS)C(=O)O.N[C@@H](Cc1c[nH]cn1)C(=O)O. The van der Waals surface area contributed by atoms with Gasteiger partial charge in [0.1, 0.15) is 18.1 Å². The van der Waals surface area contributed by atoms with Crippen molar-refractivity contribution in [2.45, 2.75) is 24.5 Å². The van der Waals surface area contributed by atoms with Crippen molar-refractivity contribution in [1.29, 1.82) is 0 Å². The van der Waals surface area contributed by atoms with Gasteiger partial charge in [-0.3, -0.25) is 19.2 Å². The molecular formula is C14H28N6O8S2. The Bertz CT molecular complexity index is 600. The van der Waals surface area contributed by atoms with E-state index in [-0.39, 0.29) is 24.5 Å². The molecule has 0 aromatic carbocycles. The molecule has 30 heavy (non-hydrogen) atoms. The van der Waals surface area contributed by atoms with Crippen LogP contribution in [0.3, 0.4) is 0 Å². The van der Waals surface area contributed by atoms with Crippen LogP contribution in [0.2, 0.25) is 0 Å². The van der Waals surface area contributed by atoms with Crippen molar-refractivity contribution in [2.75, 3.05) is 18.1 Å². The molecule has 0 aliphatic heterocycles. The maximum atomic E-state index is 10.3. The summed E-state index contributed by atoms with van der Waals surface area (Å²) in [5.41, 5.74) is 20.4. The quantitative estimate of drug-likeness (QED) is 0.169. The average Bonchev–Trinajstić information content (AvgIpc) is 3.20. The summed E-state index contributed by atoms with van der Waals surface area (Å²) < 4.78 is 0. The summed E-state index contributed by atoms with van der Waals surface area (Å²) in [6.45, 7) is -0.278. The lowest BCUT2D eigenvalue weighted by Crippen LogP contribution is -2.32. The van der Waals surface area contributed by atoms with Gasteiger partial charge in [0.25, 0.3) is 0 Å². The number of rotatable bonds is 8. The maximum Gasteiger partial charge on any atom is 0.321 e. The van der Waals surface area contributed by atoms with Crippen LogP contribution in [-0.2, 0) is 25.6 Å². The van der Waals surface area contributed by atoms with Gasteiger partial charge in [0.05, 0.1) is 18.6 Å². The molecule has 0 unspecified atom stereocenters. The number of H-pyrrole nitrogens is 1. The van der Waals surface area contributed by atoms with Crippen molar-refractivity contribution in [3.63, 3.8) is 0 Å². The standard InChI is InChI=1S/C6H9N3O2.2C3H7NO2S.C2H5NO2/c7-5(6(10)11)1-4-2-8-3-9-4;2*4-2(1-7)3(5)6;3-1-2(4)5/h2-3,5H,1,7H2,(H,8,9)(H,10,11);2*2,7H,1,4H2,(H,5,6);1,3H2,(H,4,5)/t5-;2*2-;/m000./s1. The fourth-order valence-electron chi connectivity index (χ4n) is 0.871. The predicted molar refractivity (Wildman–Crippen MR) is 114 cm³/mol. The molecule has 1 heterocycles. The summed E-state index contributed by atoms with van der Waals surface area (Å²) in [5.74, 6) is -3.60. The van der Waals surface area contributed by atoms with E-state index in [9.17, 15) is 19.2 Å². The van der Waals surface area contributed by atoms with Crippen molar-refractivity contribution in [3.8, 4) is 0 Å². The molecule has 0 saturated heterocycles. The van der Waals surface area contributed by atoms with Crippen LogP contribution in [0.4, 0.5) is 0 Å². The van der Waals surface area contributed by atoms with E-state index in [0.717, 1.165) is 0 Å². The first-order chi connectivity index (χ1) is 13.8. The molecule has 174 valence electrons. The number of carboxylic acids is 4. The first-order valence-corrected chi connectivity index (χ1v) is 9.16. The summed E-state index contributed by atoms with van der Waals surface area (Å²) in [6, 6.07) is -2.50. The Morgan fingerprint density at radius 2 is 1.27 bits per heavy atom. The third-order valence-corrected chi connectivity index (χ3v) is 3.29. The van der Waals surface area contributed by atoms with Gasteiger partial charge >= 0.3 is 23.9 Å². The highest BCUT2D eigenvalue weighted by Gasteiger charge is 2.12. The summed E-state index contributed by atoms with van der Waals surface area (Å²) in [5, 5.41) is 32.0. The molecule has 0 amide bonds. The van der Waals surface area contributed by atoms with Crippen LogP contribution in [0.1, 0.15) is 5.69 Å². The molecule has 3 atom stereocenters. The van der Waals surface area contributed by atoms with Crippen molar-refractivity contribution < 1.29 is 39.6 Å². The van der Waals surface area contributed by atoms with Crippen LogP contribution in [0.25, 0.3) is 0 Å². The van der Waals surface area contributed by atoms with Gasteiger partial charge in [0.15, 0.2) is 0 Å². The highest BCUT2D eigenvalue weighted by atomic mass is 32.1. The van der Waals surface area contributed by atoms with Crippen molar-refractivity contribution in [3.05, 3.63) is 18.2 Å². The molecule has 13 N–H and O–H groups in total. The molecule has 0 aliphatic carbocycles. The fraction of sp³-hybridized carbons (Fsp3) is 0.500. The number of aliphatic carboxylic acids is 4. The van der Waals surface area contributed by atoms with Gasteiger partial charge in [-0.2, -0.15) is 25.3 Å². The Morgan fingerprint density at radius 1 is 0.900 bits per heavy atom. The summed E-state index contributed by atoms with van der Waals surface area (Å²) in [6.07, 6.45) is 3.38. The number of carboxylic acid groups (broad SMARTS) is 4. The number of thiol groups is 2. The van der Waals surface area contributed by atoms with Crippen LogP contribution in [-0.4, -0.2) is 90.4 Å². The third kappa shape index (κ3) is 21.9. The minimum atomic E-state index is -1.01. The van der Waals surface area contributed by atoms with E-state index >= 15 is 0 Å². The minimum absolute atomic E-state index is 0.190. The number of nitrogens with one attached hydrogen (secondary N) is 1. The number of nitrogens with zero attached hydrogens (tertiary/aromatic N) is 1. The van der Waals surface area contributed by atoms with Crippen LogP contribution >= 0.6 is 25.3 Å². The van der Waals surface area contributed by atoms with E-state index in [0.29, 0.717) is 5.69 Å². The van der Waals surface area contributed by atoms with Crippen LogP contribution in [0.15, 0.2) is 12.5 Å². The summed E-state index contributed by atoms with van der Waals surface area (Å²) in [4.78, 5) is 45.6. The number of hydrogen-bond donors (Lipinski definition) is 11. The Balaban J connectivity index is -0.000000340. The number of aromatic nitrogens is 2. The third-order valence-electron chi connectivity index (χ3n) is 2.50. The van der Waals surface area contributed by atoms with Gasteiger partial charge < -0.3 is 48.3 Å². The molecule has 0 saturated carbocycles. The number of aromatic amines is 1. The van der Waals surface area contributed by atoms with Gasteiger partial charge in [-0.15, -0.1) is 0 Å². The zero-order valence-electron chi connectivity index (χ0n) is 15.8. The number of hydrogen-bond acceptors (Lipinski definition) is 11. The van der Waals surface area contributed by atoms with Gasteiger partial charge in [-0.05, 0) is 0 Å². The second-order valence-corrected chi connectivity index (χ2v) is 5.79. The molecule has 1 rings (SSSR count). The molecule has 1 aromatic heterocycles. The fourth-order valence-corrected chi connectivity index (χ4v) is 1.18. The normalized spacial score (nSPS) is 12.2. The van der Waals surface area contributed by atoms with Crippen molar-refractivity contribution >= 4 is 49.1 Å². The molecular weight excluding hydrogens is 444 g/mol. The van der Waals surface area contributed by atoms with Gasteiger partial charge in [0.2, 0.25) is 0 Å². The molecule has 0 aliphatic rings. The highest BCUT2D eigenvalue weighted by molar-refractivity contribution is 7.80. The first-order valence-electron chi connectivity index (χ1n) is 7.90. The summed E-state index contributed by atoms with van der Waals surface area (Å²) >= 11 is 7.30. The lowest BCUT2D eigenvalue weighted by atomic mass is 10.2. The molecule has 0 spiro atoms. The van der Waals surface area contributed by atoms with Gasteiger partial charge in [-0.1, -0.05) is 0 Å². The molecule has 0 fully saturated rings. The second-order valence-electron chi connectivity index (χ2n) is 5.06. The number of nitrogens with two attached hydrogens (primary N) is 4. The molecule has 0 radical (unpaired) electrons. The predicted octanol–water partition coefficient (Wildman–Crippen LogP) is -2.95. The average molecular weight is 473 g/mol. The Labute approximate surface area is 182 Å². The topological polar surface area (TPSA) is 282 Å². The largest absolute Gasteiger partial charge is 0.480 e. The van der Waals surface area contributed by atoms with E-state index < -0.39 is 42.0 Å². The van der Waals surface area contributed by atoms with E-state index in [4.69, 9.17) is 37.6 Å². The van der Waals surface area contributed by atoms with E-state index in [2.05, 4.69) is 41.0 Å². The van der Waals surface area contributed by atoms with Crippen LogP contribution in [0.5, 0.6) is 0 Å². The molecule has 14 nitrogen and oxygen atoms in total.